The van der Waals surface area contributed by atoms with Gasteiger partial charge in [-0.05, 0) is 53.8 Å². The predicted molar refractivity (Wildman–Crippen MR) is 85.6 cm³/mol. The van der Waals surface area contributed by atoms with Crippen molar-refractivity contribution in [2.24, 2.45) is 0 Å². The van der Waals surface area contributed by atoms with E-state index in [0.717, 1.165) is 42.5 Å². The second kappa shape index (κ2) is 6.17. The molecule has 0 saturated carbocycles. The highest BCUT2D eigenvalue weighted by Gasteiger charge is 2.15. The number of fused-ring (bicyclic) bond motifs is 1. The van der Waals surface area contributed by atoms with E-state index in [1.807, 2.05) is 18.2 Å². The molecule has 1 heterocycles. The Hall–Kier alpha value is -1.02. The minimum atomic E-state index is 0.803. The Kier molecular flexibility index (Phi) is 4.30. The average molecular weight is 306 g/mol. The normalized spacial score (nSPS) is 15.1. The Morgan fingerprint density at radius 1 is 0.900 bits per heavy atom. The largest absolute Gasteiger partial charge is 0.298 e. The van der Waals surface area contributed by atoms with Crippen molar-refractivity contribution in [1.29, 1.82) is 0 Å². The topological polar surface area (TPSA) is 3.24 Å². The highest BCUT2D eigenvalue weighted by Crippen LogP contribution is 2.22. The monoisotopic (exact) mass is 305 g/mol. The van der Waals surface area contributed by atoms with Crippen molar-refractivity contribution in [3.8, 4) is 0 Å². The maximum atomic E-state index is 6.04. The molecule has 0 radical (unpaired) electrons. The summed E-state index contributed by atoms with van der Waals surface area (Å²) in [6.45, 7) is 3.23. The molecule has 0 unspecified atom stereocenters. The molecule has 2 aromatic carbocycles. The first-order valence-electron chi connectivity index (χ1n) is 6.95. The summed E-state index contributed by atoms with van der Waals surface area (Å²) in [4.78, 5) is 2.50. The van der Waals surface area contributed by atoms with Crippen molar-refractivity contribution in [3.05, 3.63) is 69.2 Å². The van der Waals surface area contributed by atoms with Crippen LogP contribution < -0.4 is 0 Å². The predicted octanol–water partition coefficient (Wildman–Crippen LogP) is 4.59. The van der Waals surface area contributed by atoms with Crippen LogP contribution in [-0.2, 0) is 19.4 Å². The minimum absolute atomic E-state index is 0.803. The van der Waals surface area contributed by atoms with E-state index in [-0.39, 0.29) is 0 Å². The number of halogens is 2. The fourth-order valence-electron chi connectivity index (χ4n) is 2.71. The van der Waals surface area contributed by atoms with Gasteiger partial charge in [0.2, 0.25) is 0 Å². The van der Waals surface area contributed by atoms with Gasteiger partial charge in [0.1, 0.15) is 0 Å². The second-order valence-electron chi connectivity index (χ2n) is 5.32. The summed E-state index contributed by atoms with van der Waals surface area (Å²) < 4.78 is 0. The van der Waals surface area contributed by atoms with Gasteiger partial charge in [-0.2, -0.15) is 0 Å². The van der Waals surface area contributed by atoms with Gasteiger partial charge in [0.25, 0.3) is 0 Å². The van der Waals surface area contributed by atoms with Crippen LogP contribution in [-0.4, -0.2) is 18.0 Å². The van der Waals surface area contributed by atoms with E-state index in [1.54, 1.807) is 0 Å². The summed E-state index contributed by atoms with van der Waals surface area (Å²) in [5.41, 5.74) is 4.16. The third-order valence-corrected chi connectivity index (χ3v) is 4.38. The highest BCUT2D eigenvalue weighted by molar-refractivity contribution is 6.30. The van der Waals surface area contributed by atoms with Crippen molar-refractivity contribution >= 4 is 23.2 Å². The van der Waals surface area contributed by atoms with Gasteiger partial charge < -0.3 is 0 Å². The lowest BCUT2D eigenvalue weighted by Crippen LogP contribution is -2.32. The molecule has 104 valence electrons. The molecule has 0 N–H and O–H groups in total. The summed E-state index contributed by atoms with van der Waals surface area (Å²) in [5.74, 6) is 0. The summed E-state index contributed by atoms with van der Waals surface area (Å²) in [6.07, 6.45) is 2.16. The van der Waals surface area contributed by atoms with Crippen molar-refractivity contribution < 1.29 is 0 Å². The highest BCUT2D eigenvalue weighted by atomic mass is 35.5. The van der Waals surface area contributed by atoms with Crippen LogP contribution in [0, 0.1) is 0 Å². The first-order valence-corrected chi connectivity index (χ1v) is 7.70. The van der Waals surface area contributed by atoms with E-state index < -0.39 is 0 Å². The lowest BCUT2D eigenvalue weighted by Gasteiger charge is -2.28. The fourth-order valence-corrected chi connectivity index (χ4v) is 3.03. The lowest BCUT2D eigenvalue weighted by molar-refractivity contribution is 0.257. The first-order chi connectivity index (χ1) is 9.70. The third kappa shape index (κ3) is 3.35. The van der Waals surface area contributed by atoms with Crippen molar-refractivity contribution in [2.45, 2.75) is 19.4 Å². The Morgan fingerprint density at radius 3 is 2.45 bits per heavy atom. The molecule has 0 aliphatic carbocycles. The zero-order valence-corrected chi connectivity index (χ0v) is 12.8. The molecule has 0 amide bonds. The van der Waals surface area contributed by atoms with Crippen LogP contribution in [0.25, 0.3) is 0 Å². The molecular formula is C17H17Cl2N. The molecule has 3 heteroatoms. The number of hydrogen-bond acceptors (Lipinski definition) is 1. The Bertz CT molecular complexity index is 592. The van der Waals surface area contributed by atoms with E-state index in [0.29, 0.717) is 0 Å². The molecule has 0 bridgehead atoms. The summed E-state index contributed by atoms with van der Waals surface area (Å²) in [6, 6.07) is 14.4. The van der Waals surface area contributed by atoms with Gasteiger partial charge in [-0.15, -0.1) is 0 Å². The maximum Gasteiger partial charge on any atom is 0.0408 e. The van der Waals surface area contributed by atoms with E-state index in [1.165, 1.54) is 16.7 Å². The quantitative estimate of drug-likeness (QED) is 0.801. The van der Waals surface area contributed by atoms with Crippen LogP contribution >= 0.6 is 23.2 Å². The summed E-state index contributed by atoms with van der Waals surface area (Å²) >= 11 is 12.0. The first kappa shape index (κ1) is 13.9. The van der Waals surface area contributed by atoms with Gasteiger partial charge in [-0.25, -0.2) is 0 Å². The van der Waals surface area contributed by atoms with Crippen LogP contribution in [0.1, 0.15) is 16.7 Å². The fraction of sp³-hybridized carbons (Fsp3) is 0.294. The number of rotatable bonds is 3. The van der Waals surface area contributed by atoms with Crippen LogP contribution in [0.4, 0.5) is 0 Å². The van der Waals surface area contributed by atoms with Crippen molar-refractivity contribution in [2.75, 3.05) is 13.1 Å². The molecule has 1 nitrogen and oxygen atoms in total. The molecule has 0 atom stereocenters. The Labute approximate surface area is 130 Å². The minimum Gasteiger partial charge on any atom is -0.298 e. The van der Waals surface area contributed by atoms with Gasteiger partial charge in [-0.3, -0.25) is 4.90 Å². The number of nitrogens with zero attached hydrogens (tertiary/aromatic N) is 1. The molecule has 0 saturated heterocycles. The van der Waals surface area contributed by atoms with Gasteiger partial charge in [0, 0.05) is 29.7 Å². The molecule has 2 aromatic rings. The smallest absolute Gasteiger partial charge is 0.0408 e. The van der Waals surface area contributed by atoms with Gasteiger partial charge >= 0.3 is 0 Å². The molecular weight excluding hydrogens is 289 g/mol. The standard InChI is InChI=1S/C17H17Cl2N/c18-16-4-1-13(2-5-16)7-9-20-10-8-14-11-17(19)6-3-15(14)12-20/h1-6,11H,7-10,12H2. The maximum absolute atomic E-state index is 6.04. The van der Waals surface area contributed by atoms with Crippen LogP contribution in [0.15, 0.2) is 42.5 Å². The van der Waals surface area contributed by atoms with Gasteiger partial charge in [-0.1, -0.05) is 41.4 Å². The van der Waals surface area contributed by atoms with E-state index >= 15 is 0 Å². The lowest BCUT2D eigenvalue weighted by atomic mass is 9.99. The van der Waals surface area contributed by atoms with Crippen LogP contribution in [0.2, 0.25) is 10.0 Å². The van der Waals surface area contributed by atoms with Crippen molar-refractivity contribution in [1.82, 2.24) is 4.90 Å². The zero-order chi connectivity index (χ0) is 13.9. The van der Waals surface area contributed by atoms with Crippen LogP contribution in [0.3, 0.4) is 0 Å². The molecule has 1 aliphatic rings. The summed E-state index contributed by atoms with van der Waals surface area (Å²) in [7, 11) is 0. The molecule has 3 rings (SSSR count). The van der Waals surface area contributed by atoms with E-state index in [2.05, 4.69) is 29.2 Å². The van der Waals surface area contributed by atoms with Gasteiger partial charge in [0.15, 0.2) is 0 Å². The zero-order valence-electron chi connectivity index (χ0n) is 11.3. The van der Waals surface area contributed by atoms with Crippen LogP contribution in [0.5, 0.6) is 0 Å². The van der Waals surface area contributed by atoms with E-state index in [4.69, 9.17) is 23.2 Å². The molecule has 0 spiro atoms. The Morgan fingerprint density at radius 2 is 1.65 bits per heavy atom. The molecule has 1 aliphatic heterocycles. The third-order valence-electron chi connectivity index (χ3n) is 3.89. The molecule has 0 fully saturated rings. The summed E-state index contributed by atoms with van der Waals surface area (Å²) in [5, 5.41) is 1.65. The Balaban J connectivity index is 1.60. The van der Waals surface area contributed by atoms with E-state index in [9.17, 15) is 0 Å². The molecule has 0 aromatic heterocycles. The number of benzene rings is 2. The SMILES string of the molecule is Clc1ccc(CCN2CCc3cc(Cl)ccc3C2)cc1. The van der Waals surface area contributed by atoms with Gasteiger partial charge in [0.05, 0.1) is 0 Å². The van der Waals surface area contributed by atoms with Crippen molar-refractivity contribution in [3.63, 3.8) is 0 Å². The average Bonchev–Trinajstić information content (AvgIpc) is 2.46. The second-order valence-corrected chi connectivity index (χ2v) is 6.19. The molecule has 20 heavy (non-hydrogen) atoms. The number of hydrogen-bond donors (Lipinski definition) is 0.